The van der Waals surface area contributed by atoms with Gasteiger partial charge in [-0.2, -0.15) is 0 Å². The van der Waals surface area contributed by atoms with Crippen LogP contribution in [-0.4, -0.2) is 20.4 Å². The third-order valence-corrected chi connectivity index (χ3v) is 5.76. The van der Waals surface area contributed by atoms with Gasteiger partial charge in [0.2, 0.25) is 5.91 Å². The van der Waals surface area contributed by atoms with Gasteiger partial charge in [0.05, 0.1) is 10.8 Å². The lowest BCUT2D eigenvalue weighted by atomic mass is 9.89. The average Bonchev–Trinajstić information content (AvgIpc) is 2.89. The van der Waals surface area contributed by atoms with Crippen LogP contribution in [0.5, 0.6) is 0 Å². The second-order valence-electron chi connectivity index (χ2n) is 6.89. The smallest absolute Gasteiger partial charge is 0.325 e. The van der Waals surface area contributed by atoms with Crippen LogP contribution in [0.1, 0.15) is 30.9 Å². The Morgan fingerprint density at radius 1 is 1.11 bits per heavy atom. The zero-order chi connectivity index (χ0) is 19.8. The summed E-state index contributed by atoms with van der Waals surface area (Å²) in [6.45, 7) is 5.73. The number of carbonyl (C=O) groups is 2. The number of anilines is 2. The van der Waals surface area contributed by atoms with E-state index in [1.54, 1.807) is 30.3 Å². The molecule has 3 amide bonds. The van der Waals surface area contributed by atoms with Crippen LogP contribution in [0.4, 0.5) is 16.2 Å². The summed E-state index contributed by atoms with van der Waals surface area (Å²) in [6.07, 6.45) is 0. The number of amides is 3. The maximum Gasteiger partial charge on any atom is 0.333 e. The van der Waals surface area contributed by atoms with Crippen molar-refractivity contribution < 1.29 is 18.0 Å². The molecule has 0 saturated heterocycles. The Bertz CT molecular complexity index is 998. The van der Waals surface area contributed by atoms with Gasteiger partial charge in [0.1, 0.15) is 0 Å². The van der Waals surface area contributed by atoms with Crippen LogP contribution in [-0.2, 0) is 14.8 Å². The maximum absolute atomic E-state index is 12.3. The molecule has 8 heteroatoms. The van der Waals surface area contributed by atoms with E-state index in [2.05, 4.69) is 10.6 Å². The highest BCUT2D eigenvalue weighted by atomic mass is 32.2. The van der Waals surface area contributed by atoms with Crippen molar-refractivity contribution in [2.24, 2.45) is 5.92 Å². The molecule has 0 bridgehead atoms. The maximum atomic E-state index is 12.3. The van der Waals surface area contributed by atoms with Crippen LogP contribution < -0.4 is 15.4 Å². The highest BCUT2D eigenvalue weighted by Crippen LogP contribution is 2.38. The Morgan fingerprint density at radius 2 is 1.78 bits per heavy atom. The Hall–Kier alpha value is -2.87. The summed E-state index contributed by atoms with van der Waals surface area (Å²) in [5.41, 5.74) is 2.82. The van der Waals surface area contributed by atoms with Crippen molar-refractivity contribution in [3.63, 3.8) is 0 Å². The number of rotatable bonds is 4. The predicted molar refractivity (Wildman–Crippen MR) is 103 cm³/mol. The Kier molecular flexibility index (Phi) is 4.93. The van der Waals surface area contributed by atoms with E-state index in [-0.39, 0.29) is 22.6 Å². The summed E-state index contributed by atoms with van der Waals surface area (Å²) in [5.74, 6) is -0.290. The molecule has 1 heterocycles. The van der Waals surface area contributed by atoms with E-state index in [9.17, 15) is 18.0 Å². The van der Waals surface area contributed by atoms with Gasteiger partial charge in [-0.15, -0.1) is 0 Å². The average molecular weight is 387 g/mol. The van der Waals surface area contributed by atoms with Crippen molar-refractivity contribution in [1.29, 1.82) is 0 Å². The number of nitrogens with one attached hydrogen (secondary N) is 3. The van der Waals surface area contributed by atoms with E-state index in [1.807, 2.05) is 25.5 Å². The fraction of sp³-hybridized carbons (Fsp3) is 0.263. The molecule has 2 aromatic carbocycles. The van der Waals surface area contributed by atoms with Gasteiger partial charge in [0.25, 0.3) is 10.0 Å². The van der Waals surface area contributed by atoms with Crippen LogP contribution in [0.3, 0.4) is 0 Å². The molecule has 3 N–H and O–H groups in total. The molecule has 1 aliphatic rings. The number of hydrogen-bond donors (Lipinski definition) is 3. The zero-order valence-electron chi connectivity index (χ0n) is 15.2. The molecule has 0 aliphatic carbocycles. The lowest BCUT2D eigenvalue weighted by Crippen LogP contribution is -2.34. The van der Waals surface area contributed by atoms with Gasteiger partial charge < -0.3 is 10.6 Å². The molecule has 142 valence electrons. The molecule has 27 heavy (non-hydrogen) atoms. The molecule has 0 aromatic heterocycles. The second kappa shape index (κ2) is 7.03. The van der Waals surface area contributed by atoms with E-state index >= 15 is 0 Å². The fourth-order valence-electron chi connectivity index (χ4n) is 3.08. The normalized spacial score (nSPS) is 16.0. The van der Waals surface area contributed by atoms with Crippen LogP contribution in [0.25, 0.3) is 0 Å². The van der Waals surface area contributed by atoms with Gasteiger partial charge in [-0.3, -0.25) is 4.79 Å². The van der Waals surface area contributed by atoms with E-state index in [4.69, 9.17) is 0 Å². The minimum Gasteiger partial charge on any atom is -0.325 e. The molecule has 1 atom stereocenters. The molecule has 2 aromatic rings. The summed E-state index contributed by atoms with van der Waals surface area (Å²) in [5, 5.41) is 5.33. The first-order valence-corrected chi connectivity index (χ1v) is 10.0. The number of aryl methyl sites for hydroxylation is 1. The van der Waals surface area contributed by atoms with Crippen molar-refractivity contribution in [3.05, 3.63) is 53.6 Å². The van der Waals surface area contributed by atoms with Crippen molar-refractivity contribution >= 4 is 33.3 Å². The lowest BCUT2D eigenvalue weighted by Gasteiger charge is -2.14. The summed E-state index contributed by atoms with van der Waals surface area (Å²) < 4.78 is 26.6. The minimum atomic E-state index is -3.97. The number of hydrogen-bond acceptors (Lipinski definition) is 4. The molecule has 7 nitrogen and oxygen atoms in total. The Morgan fingerprint density at radius 3 is 2.41 bits per heavy atom. The monoisotopic (exact) mass is 387 g/mol. The van der Waals surface area contributed by atoms with Crippen molar-refractivity contribution in [2.45, 2.75) is 31.6 Å². The fourth-order valence-corrected chi connectivity index (χ4v) is 3.99. The van der Waals surface area contributed by atoms with Crippen LogP contribution >= 0.6 is 0 Å². The number of carbonyl (C=O) groups excluding carboxylic acids is 2. The van der Waals surface area contributed by atoms with Gasteiger partial charge in [0, 0.05) is 11.4 Å². The molecular weight excluding hydrogens is 366 g/mol. The number of fused-ring (bicyclic) bond motifs is 1. The topological polar surface area (TPSA) is 104 Å². The minimum absolute atomic E-state index is 0.00636. The van der Waals surface area contributed by atoms with Gasteiger partial charge in [-0.1, -0.05) is 31.5 Å². The molecule has 1 aliphatic heterocycles. The quantitative estimate of drug-likeness (QED) is 0.749. The summed E-state index contributed by atoms with van der Waals surface area (Å²) in [6, 6.07) is 10.3. The largest absolute Gasteiger partial charge is 0.333 e. The first-order valence-electron chi connectivity index (χ1n) is 8.52. The molecule has 0 saturated carbocycles. The van der Waals surface area contributed by atoms with E-state index in [0.29, 0.717) is 11.4 Å². The van der Waals surface area contributed by atoms with E-state index in [0.717, 1.165) is 11.1 Å². The number of urea groups is 1. The van der Waals surface area contributed by atoms with Crippen molar-refractivity contribution in [1.82, 2.24) is 4.72 Å². The Labute approximate surface area is 158 Å². The van der Waals surface area contributed by atoms with Crippen molar-refractivity contribution in [2.75, 3.05) is 10.6 Å². The SMILES string of the molecule is Cc1ccc(S(=O)(=O)NC(=O)Nc2ccc3c(c2)C(C(C)C)C(=O)N3)cc1. The summed E-state index contributed by atoms with van der Waals surface area (Å²) >= 11 is 0. The van der Waals surface area contributed by atoms with Gasteiger partial charge in [-0.05, 0) is 48.7 Å². The van der Waals surface area contributed by atoms with Gasteiger partial charge in [0.15, 0.2) is 0 Å². The van der Waals surface area contributed by atoms with E-state index < -0.39 is 16.1 Å². The molecule has 0 radical (unpaired) electrons. The second-order valence-corrected chi connectivity index (χ2v) is 8.57. The van der Waals surface area contributed by atoms with E-state index in [1.165, 1.54) is 12.1 Å². The third-order valence-electron chi connectivity index (χ3n) is 4.41. The zero-order valence-corrected chi connectivity index (χ0v) is 16.1. The number of sulfonamides is 1. The summed E-state index contributed by atoms with van der Waals surface area (Å²) in [4.78, 5) is 24.3. The number of benzene rings is 2. The first kappa shape index (κ1) is 18.9. The highest BCUT2D eigenvalue weighted by Gasteiger charge is 2.33. The molecular formula is C19H21N3O4S. The van der Waals surface area contributed by atoms with Crippen molar-refractivity contribution in [3.8, 4) is 0 Å². The Balaban J connectivity index is 1.75. The van der Waals surface area contributed by atoms with Gasteiger partial charge >= 0.3 is 6.03 Å². The predicted octanol–water partition coefficient (Wildman–Crippen LogP) is 3.20. The third kappa shape index (κ3) is 3.95. The summed E-state index contributed by atoms with van der Waals surface area (Å²) in [7, 11) is -3.97. The van der Waals surface area contributed by atoms with Crippen LogP contribution in [0.2, 0.25) is 0 Å². The molecule has 0 fully saturated rings. The molecule has 1 unspecified atom stereocenters. The molecule has 3 rings (SSSR count). The standard InChI is InChI=1S/C19H21N3O4S/c1-11(2)17-15-10-13(6-9-16(15)21-18(17)23)20-19(24)22-27(25,26)14-7-4-12(3)5-8-14/h4-11,17H,1-3H3,(H,21,23)(H2,20,22,24). The van der Waals surface area contributed by atoms with Crippen LogP contribution in [0.15, 0.2) is 47.4 Å². The van der Waals surface area contributed by atoms with Gasteiger partial charge in [-0.25, -0.2) is 17.9 Å². The highest BCUT2D eigenvalue weighted by molar-refractivity contribution is 7.90. The van der Waals surface area contributed by atoms with Crippen LogP contribution in [0, 0.1) is 12.8 Å². The first-order chi connectivity index (χ1) is 12.7. The lowest BCUT2D eigenvalue weighted by molar-refractivity contribution is -0.117. The molecule has 0 spiro atoms.